The number of aryl methyl sites for hydroxylation is 2. The second kappa shape index (κ2) is 9.98. The summed E-state index contributed by atoms with van der Waals surface area (Å²) in [6.45, 7) is 0.314. The molecule has 176 valence electrons. The van der Waals surface area contributed by atoms with E-state index in [4.69, 9.17) is 37.7 Å². The van der Waals surface area contributed by atoms with E-state index in [9.17, 15) is 4.79 Å². The summed E-state index contributed by atoms with van der Waals surface area (Å²) >= 11 is 14.2. The van der Waals surface area contributed by atoms with Crippen LogP contribution in [0.5, 0.6) is 11.5 Å². The van der Waals surface area contributed by atoms with Crippen molar-refractivity contribution in [1.82, 2.24) is 9.97 Å². The molecule has 0 bridgehead atoms. The molecular formula is C26H24Cl2N2O3S. The number of H-pyrrole nitrogens is 1. The van der Waals surface area contributed by atoms with Gasteiger partial charge in [0.1, 0.15) is 17.3 Å². The SMILES string of the molecule is COc1cc(-c2nc3sc4c(c3c(=O)[nH]2)CCCCCC4)cc(Cl)c1OCc1ccc(Cl)cc1. The summed E-state index contributed by atoms with van der Waals surface area (Å²) in [5.41, 5.74) is 2.70. The van der Waals surface area contributed by atoms with E-state index in [1.807, 2.05) is 24.3 Å². The number of methoxy groups -OCH3 is 1. The number of ether oxygens (including phenoxy) is 2. The van der Waals surface area contributed by atoms with Crippen LogP contribution in [-0.2, 0) is 19.4 Å². The van der Waals surface area contributed by atoms with Crippen molar-refractivity contribution in [3.05, 3.63) is 72.8 Å². The lowest BCUT2D eigenvalue weighted by Crippen LogP contribution is -2.10. The number of benzene rings is 2. The van der Waals surface area contributed by atoms with Gasteiger partial charge in [0.2, 0.25) is 0 Å². The van der Waals surface area contributed by atoms with Crippen molar-refractivity contribution >= 4 is 44.8 Å². The lowest BCUT2D eigenvalue weighted by Gasteiger charge is -2.14. The van der Waals surface area contributed by atoms with Gasteiger partial charge in [0, 0.05) is 15.5 Å². The van der Waals surface area contributed by atoms with Crippen LogP contribution >= 0.6 is 34.5 Å². The highest BCUT2D eigenvalue weighted by molar-refractivity contribution is 7.18. The maximum atomic E-state index is 13.1. The molecule has 8 heteroatoms. The number of hydrogen-bond donors (Lipinski definition) is 1. The van der Waals surface area contributed by atoms with Gasteiger partial charge in [-0.2, -0.15) is 0 Å². The summed E-state index contributed by atoms with van der Waals surface area (Å²) in [6.07, 6.45) is 6.70. The van der Waals surface area contributed by atoms with E-state index in [1.54, 1.807) is 30.6 Å². The largest absolute Gasteiger partial charge is 0.493 e. The topological polar surface area (TPSA) is 64.2 Å². The van der Waals surface area contributed by atoms with Crippen molar-refractivity contribution in [3.8, 4) is 22.9 Å². The first-order valence-electron chi connectivity index (χ1n) is 11.3. The Hall–Kier alpha value is -2.54. The quantitative estimate of drug-likeness (QED) is 0.305. The van der Waals surface area contributed by atoms with Crippen molar-refractivity contribution in [2.75, 3.05) is 7.11 Å². The van der Waals surface area contributed by atoms with Gasteiger partial charge >= 0.3 is 0 Å². The molecule has 4 aromatic rings. The number of nitrogens with one attached hydrogen (secondary N) is 1. The number of rotatable bonds is 5. The minimum atomic E-state index is -0.101. The third-order valence-corrected chi connectivity index (χ3v) is 7.84. The van der Waals surface area contributed by atoms with E-state index in [1.165, 1.54) is 23.3 Å². The van der Waals surface area contributed by atoms with Crippen LogP contribution in [0.15, 0.2) is 41.2 Å². The van der Waals surface area contributed by atoms with Gasteiger partial charge in [-0.05, 0) is 61.1 Å². The van der Waals surface area contributed by atoms with Crippen LogP contribution in [-0.4, -0.2) is 17.1 Å². The number of hydrogen-bond acceptors (Lipinski definition) is 5. The van der Waals surface area contributed by atoms with Gasteiger partial charge in [-0.1, -0.05) is 48.2 Å². The van der Waals surface area contributed by atoms with Crippen LogP contribution in [0.4, 0.5) is 0 Å². The molecule has 0 unspecified atom stereocenters. The Morgan fingerprint density at radius 1 is 1.06 bits per heavy atom. The lowest BCUT2D eigenvalue weighted by molar-refractivity contribution is 0.285. The summed E-state index contributed by atoms with van der Waals surface area (Å²) in [4.78, 5) is 23.0. The Morgan fingerprint density at radius 3 is 2.59 bits per heavy atom. The molecule has 0 saturated carbocycles. The summed E-state index contributed by atoms with van der Waals surface area (Å²) in [7, 11) is 1.56. The van der Waals surface area contributed by atoms with E-state index in [0.29, 0.717) is 39.5 Å². The highest BCUT2D eigenvalue weighted by atomic mass is 35.5. The Bertz CT molecular complexity index is 1400. The van der Waals surface area contributed by atoms with Crippen LogP contribution in [0.3, 0.4) is 0 Å². The zero-order chi connectivity index (χ0) is 23.7. The molecule has 0 radical (unpaired) electrons. The Labute approximate surface area is 211 Å². The number of fused-ring (bicyclic) bond motifs is 3. The molecule has 1 aliphatic rings. The van der Waals surface area contributed by atoms with Crippen LogP contribution < -0.4 is 15.0 Å². The molecule has 2 aromatic heterocycles. The minimum Gasteiger partial charge on any atom is -0.493 e. The third kappa shape index (κ3) is 4.67. The van der Waals surface area contributed by atoms with Crippen molar-refractivity contribution in [2.24, 2.45) is 0 Å². The third-order valence-electron chi connectivity index (χ3n) is 6.12. The van der Waals surface area contributed by atoms with E-state index in [2.05, 4.69) is 4.98 Å². The van der Waals surface area contributed by atoms with Crippen LogP contribution in [0, 0.1) is 0 Å². The summed E-state index contributed by atoms with van der Waals surface area (Å²) < 4.78 is 11.5. The molecule has 1 aliphatic carbocycles. The molecule has 5 nitrogen and oxygen atoms in total. The molecule has 2 heterocycles. The number of halogens is 2. The Balaban J connectivity index is 1.49. The average Bonchev–Trinajstić information content (AvgIpc) is 3.15. The van der Waals surface area contributed by atoms with Gasteiger partial charge in [-0.15, -0.1) is 11.3 Å². The van der Waals surface area contributed by atoms with E-state index < -0.39 is 0 Å². The fourth-order valence-electron chi connectivity index (χ4n) is 4.39. The minimum absolute atomic E-state index is 0.101. The standard InChI is InChI=1S/C26H24Cl2N2O3S/c1-32-20-13-16(12-19(28)23(20)33-14-15-8-10-17(27)11-9-15)24-29-25(31)22-18-6-4-2-3-5-7-21(18)34-26(22)30-24/h8-13H,2-7,14H2,1H3,(H,29,30,31). The van der Waals surface area contributed by atoms with Gasteiger partial charge in [-0.3, -0.25) is 4.79 Å². The van der Waals surface area contributed by atoms with Crippen molar-refractivity contribution < 1.29 is 9.47 Å². The molecule has 0 atom stereocenters. The Morgan fingerprint density at radius 2 is 1.82 bits per heavy atom. The van der Waals surface area contributed by atoms with Crippen LogP contribution in [0.2, 0.25) is 10.0 Å². The van der Waals surface area contributed by atoms with Gasteiger partial charge in [0.15, 0.2) is 11.5 Å². The highest BCUT2D eigenvalue weighted by Crippen LogP contribution is 2.40. The fraction of sp³-hybridized carbons (Fsp3) is 0.308. The number of aromatic nitrogens is 2. The fourth-order valence-corrected chi connectivity index (χ4v) is 6.04. The predicted molar refractivity (Wildman–Crippen MR) is 139 cm³/mol. The summed E-state index contributed by atoms with van der Waals surface area (Å²) in [6, 6.07) is 10.9. The van der Waals surface area contributed by atoms with E-state index in [0.717, 1.165) is 41.5 Å². The van der Waals surface area contributed by atoms with Crippen molar-refractivity contribution in [1.29, 1.82) is 0 Å². The van der Waals surface area contributed by atoms with Crippen molar-refractivity contribution in [2.45, 2.75) is 45.1 Å². The smallest absolute Gasteiger partial charge is 0.260 e. The summed E-state index contributed by atoms with van der Waals surface area (Å²) in [5.74, 6) is 1.37. The molecule has 1 N–H and O–H groups in total. The highest BCUT2D eigenvalue weighted by Gasteiger charge is 2.20. The predicted octanol–water partition coefficient (Wildman–Crippen LogP) is 7.21. The molecule has 34 heavy (non-hydrogen) atoms. The van der Waals surface area contributed by atoms with Crippen molar-refractivity contribution in [3.63, 3.8) is 0 Å². The van der Waals surface area contributed by atoms with Crippen LogP contribution in [0.25, 0.3) is 21.6 Å². The molecular weight excluding hydrogens is 491 g/mol. The molecule has 0 fully saturated rings. The van der Waals surface area contributed by atoms with Gasteiger partial charge in [0.05, 0.1) is 17.5 Å². The first-order valence-corrected chi connectivity index (χ1v) is 12.9. The molecule has 0 saturated heterocycles. The van der Waals surface area contributed by atoms with E-state index in [-0.39, 0.29) is 5.56 Å². The second-order valence-corrected chi connectivity index (χ2v) is 10.3. The first-order chi connectivity index (χ1) is 16.5. The zero-order valence-corrected chi connectivity index (χ0v) is 21.1. The maximum absolute atomic E-state index is 13.1. The maximum Gasteiger partial charge on any atom is 0.260 e. The average molecular weight is 515 g/mol. The lowest BCUT2D eigenvalue weighted by atomic mass is 9.98. The van der Waals surface area contributed by atoms with Crippen LogP contribution in [0.1, 0.15) is 41.7 Å². The zero-order valence-electron chi connectivity index (χ0n) is 18.7. The Kier molecular flexibility index (Phi) is 6.82. The summed E-state index contributed by atoms with van der Waals surface area (Å²) in [5, 5.41) is 1.79. The number of aromatic amines is 1. The first kappa shape index (κ1) is 23.2. The molecule has 0 amide bonds. The van der Waals surface area contributed by atoms with Gasteiger partial charge < -0.3 is 14.5 Å². The normalized spacial score (nSPS) is 13.9. The van der Waals surface area contributed by atoms with E-state index >= 15 is 0 Å². The van der Waals surface area contributed by atoms with Gasteiger partial charge in [0.25, 0.3) is 5.56 Å². The molecule has 2 aromatic carbocycles. The second-order valence-electron chi connectivity index (χ2n) is 8.42. The molecule has 0 aliphatic heterocycles. The number of thiophene rings is 1. The molecule has 5 rings (SSSR count). The number of nitrogens with zero attached hydrogens (tertiary/aromatic N) is 1. The van der Waals surface area contributed by atoms with Gasteiger partial charge in [-0.25, -0.2) is 4.98 Å². The monoisotopic (exact) mass is 514 g/mol. The molecule has 0 spiro atoms.